The number of nitrogens with two attached hydrogens (primary N) is 1. The zero-order chi connectivity index (χ0) is 26.8. The summed E-state index contributed by atoms with van der Waals surface area (Å²) in [5, 5.41) is 5.43. The molecule has 15 heteroatoms. The molecule has 0 radical (unpaired) electrons. The molecule has 9 nitrogen and oxygen atoms in total. The van der Waals surface area contributed by atoms with Gasteiger partial charge in [0.05, 0.1) is 26.4 Å². The summed E-state index contributed by atoms with van der Waals surface area (Å²) in [5.41, 5.74) is 5.54. The average Bonchev–Trinajstić information content (AvgIpc) is 2.90. The Hall–Kier alpha value is -3.69. The maximum Gasteiger partial charge on any atom is 0.328 e. The van der Waals surface area contributed by atoms with Crippen molar-refractivity contribution in [2.75, 3.05) is 50.2 Å². The maximum absolute atomic E-state index is 14.1. The largest absolute Gasteiger partial charge is 0.418 e. The van der Waals surface area contributed by atoms with Gasteiger partial charge in [0.25, 0.3) is 0 Å². The van der Waals surface area contributed by atoms with Crippen LogP contribution in [0.25, 0.3) is 0 Å². The van der Waals surface area contributed by atoms with E-state index >= 15 is 0 Å². The van der Waals surface area contributed by atoms with E-state index in [1.807, 2.05) is 0 Å². The van der Waals surface area contributed by atoms with Crippen LogP contribution in [0.2, 0.25) is 0 Å². The van der Waals surface area contributed by atoms with Crippen LogP contribution in [0.3, 0.4) is 0 Å². The van der Waals surface area contributed by atoms with Crippen molar-refractivity contribution in [3.63, 3.8) is 0 Å². The Balaban J connectivity index is 1.77. The van der Waals surface area contributed by atoms with Gasteiger partial charge in [-0.05, 0) is 6.07 Å². The highest BCUT2D eigenvalue weighted by Gasteiger charge is 2.28. The van der Waals surface area contributed by atoms with Gasteiger partial charge in [0.15, 0.2) is 0 Å². The van der Waals surface area contributed by atoms with Crippen LogP contribution >= 0.6 is 0 Å². The van der Waals surface area contributed by atoms with Crippen molar-refractivity contribution in [1.82, 2.24) is 15.0 Å². The van der Waals surface area contributed by atoms with Gasteiger partial charge in [0.2, 0.25) is 46.7 Å². The third kappa shape index (κ3) is 7.65. The Bertz CT molecular complexity index is 1180. The van der Waals surface area contributed by atoms with E-state index in [4.69, 9.17) is 19.9 Å². The van der Waals surface area contributed by atoms with Crippen LogP contribution in [0, 0.1) is 34.9 Å². The first kappa shape index (κ1) is 27.9. The first-order chi connectivity index (χ1) is 17.8. The average molecular weight is 532 g/mol. The molecule has 0 saturated carbocycles. The fraction of sp³-hybridized carbons (Fsp3) is 0.318. The Labute approximate surface area is 207 Å². The highest BCUT2D eigenvalue weighted by atomic mass is 19.2. The number of benzene rings is 2. The minimum absolute atomic E-state index is 0.107. The summed E-state index contributed by atoms with van der Waals surface area (Å²) < 4.78 is 97.9. The number of rotatable bonds is 14. The van der Waals surface area contributed by atoms with Gasteiger partial charge < -0.3 is 30.6 Å². The standard InChI is InChI=1S/C22H22F6N6O3/c23-13-4-2-1-3-12(13)11-31-21-32-20(30-6-8-36-10-9-35-7-5-29)33-22(34-21)37-19-17(27)15(25)14(24)16(26)18(19)28/h1-4H,5-11,29H2,(H2,30,31,32,33,34). The molecular weight excluding hydrogens is 510 g/mol. The molecule has 0 aliphatic rings. The van der Waals surface area contributed by atoms with E-state index in [2.05, 4.69) is 25.6 Å². The summed E-state index contributed by atoms with van der Waals surface area (Å²) in [6.45, 7) is 1.59. The normalized spacial score (nSPS) is 11.0. The van der Waals surface area contributed by atoms with Gasteiger partial charge in [0.1, 0.15) is 5.82 Å². The summed E-state index contributed by atoms with van der Waals surface area (Å²) in [7, 11) is 0. The van der Waals surface area contributed by atoms with Crippen molar-refractivity contribution in [1.29, 1.82) is 0 Å². The van der Waals surface area contributed by atoms with E-state index in [0.29, 0.717) is 19.8 Å². The fourth-order valence-electron chi connectivity index (χ4n) is 2.78. The SMILES string of the molecule is NCCOCCOCCNc1nc(NCc2ccccc2F)nc(Oc2c(F)c(F)c(F)c(F)c2F)n1. The molecule has 0 spiro atoms. The molecule has 3 aromatic rings. The topological polar surface area (TPSA) is 116 Å². The zero-order valence-electron chi connectivity index (χ0n) is 19.2. The molecule has 0 unspecified atom stereocenters. The molecule has 0 fully saturated rings. The lowest BCUT2D eigenvalue weighted by atomic mass is 10.2. The van der Waals surface area contributed by atoms with Crippen LogP contribution in [-0.4, -0.2) is 54.5 Å². The number of aromatic nitrogens is 3. The van der Waals surface area contributed by atoms with Crippen molar-refractivity contribution in [3.05, 3.63) is 64.7 Å². The molecule has 37 heavy (non-hydrogen) atoms. The summed E-state index contributed by atoms with van der Waals surface area (Å²) in [6.07, 6.45) is 0. The highest BCUT2D eigenvalue weighted by molar-refractivity contribution is 5.39. The molecule has 1 aromatic heterocycles. The molecule has 0 aliphatic carbocycles. The molecule has 3 rings (SSSR count). The van der Waals surface area contributed by atoms with Gasteiger partial charge in [-0.1, -0.05) is 18.2 Å². The molecule has 1 heterocycles. The predicted molar refractivity (Wildman–Crippen MR) is 119 cm³/mol. The zero-order valence-corrected chi connectivity index (χ0v) is 19.2. The third-order valence-corrected chi connectivity index (χ3v) is 4.54. The number of ether oxygens (including phenoxy) is 3. The summed E-state index contributed by atoms with van der Waals surface area (Å²) in [4.78, 5) is 11.6. The van der Waals surface area contributed by atoms with Crippen LogP contribution in [0.4, 0.5) is 38.2 Å². The van der Waals surface area contributed by atoms with Gasteiger partial charge >= 0.3 is 6.01 Å². The molecule has 0 atom stereocenters. The number of halogens is 6. The second-order valence-corrected chi connectivity index (χ2v) is 7.15. The minimum atomic E-state index is -2.35. The minimum Gasteiger partial charge on any atom is -0.418 e. The molecule has 200 valence electrons. The maximum atomic E-state index is 14.1. The van der Waals surface area contributed by atoms with E-state index in [1.54, 1.807) is 6.07 Å². The highest BCUT2D eigenvalue weighted by Crippen LogP contribution is 2.32. The van der Waals surface area contributed by atoms with Crippen molar-refractivity contribution >= 4 is 11.9 Å². The summed E-state index contributed by atoms with van der Waals surface area (Å²) >= 11 is 0. The molecule has 2 aromatic carbocycles. The van der Waals surface area contributed by atoms with Crippen LogP contribution in [0.15, 0.2) is 24.3 Å². The van der Waals surface area contributed by atoms with E-state index in [1.165, 1.54) is 18.2 Å². The summed E-state index contributed by atoms with van der Waals surface area (Å²) in [5.74, 6) is -13.7. The molecule has 0 bridgehead atoms. The number of nitrogens with one attached hydrogen (secondary N) is 2. The first-order valence-corrected chi connectivity index (χ1v) is 10.8. The van der Waals surface area contributed by atoms with E-state index in [-0.39, 0.29) is 43.8 Å². The Morgan fingerprint density at radius 1 is 0.703 bits per heavy atom. The van der Waals surface area contributed by atoms with Crippen LogP contribution in [0.1, 0.15) is 5.56 Å². The third-order valence-electron chi connectivity index (χ3n) is 4.54. The lowest BCUT2D eigenvalue weighted by molar-refractivity contribution is 0.0547. The first-order valence-electron chi connectivity index (χ1n) is 10.8. The van der Waals surface area contributed by atoms with Crippen LogP contribution < -0.4 is 21.1 Å². The van der Waals surface area contributed by atoms with Crippen molar-refractivity contribution in [2.45, 2.75) is 6.54 Å². The predicted octanol–water partition coefficient (Wildman–Crippen LogP) is 3.51. The van der Waals surface area contributed by atoms with Crippen molar-refractivity contribution in [3.8, 4) is 11.8 Å². The van der Waals surface area contributed by atoms with Crippen molar-refractivity contribution < 1.29 is 40.6 Å². The van der Waals surface area contributed by atoms with Crippen LogP contribution in [0.5, 0.6) is 11.8 Å². The van der Waals surface area contributed by atoms with Gasteiger partial charge in [-0.2, -0.15) is 23.7 Å². The smallest absolute Gasteiger partial charge is 0.328 e. The molecule has 4 N–H and O–H groups in total. The summed E-state index contributed by atoms with van der Waals surface area (Å²) in [6, 6.07) is 5.01. The fourth-order valence-corrected chi connectivity index (χ4v) is 2.78. The lowest BCUT2D eigenvalue weighted by Crippen LogP contribution is -2.16. The Morgan fingerprint density at radius 2 is 1.30 bits per heavy atom. The van der Waals surface area contributed by atoms with Gasteiger partial charge in [-0.3, -0.25) is 0 Å². The molecular formula is C22H22F6N6O3. The number of nitrogens with zero attached hydrogens (tertiary/aromatic N) is 3. The second-order valence-electron chi connectivity index (χ2n) is 7.15. The van der Waals surface area contributed by atoms with Gasteiger partial charge in [-0.15, -0.1) is 0 Å². The number of hydrogen-bond acceptors (Lipinski definition) is 9. The van der Waals surface area contributed by atoms with Crippen molar-refractivity contribution in [2.24, 2.45) is 5.73 Å². The van der Waals surface area contributed by atoms with E-state index in [9.17, 15) is 26.3 Å². The molecule has 0 saturated heterocycles. The number of hydrogen-bond donors (Lipinski definition) is 3. The second kappa shape index (κ2) is 13.6. The van der Waals surface area contributed by atoms with Gasteiger partial charge in [0, 0.05) is 25.2 Å². The molecule has 0 aliphatic heterocycles. The van der Waals surface area contributed by atoms with Crippen LogP contribution in [-0.2, 0) is 16.0 Å². The Morgan fingerprint density at radius 3 is 1.95 bits per heavy atom. The lowest BCUT2D eigenvalue weighted by Gasteiger charge is -2.12. The Kier molecular flexibility index (Phi) is 10.2. The van der Waals surface area contributed by atoms with E-state index in [0.717, 1.165) is 0 Å². The quantitative estimate of drug-likeness (QED) is 0.124. The molecule has 0 amide bonds. The monoisotopic (exact) mass is 532 g/mol. The van der Waals surface area contributed by atoms with Gasteiger partial charge in [-0.25, -0.2) is 17.6 Å². The van der Waals surface area contributed by atoms with E-state index < -0.39 is 46.7 Å². The number of anilines is 2.